The van der Waals surface area contributed by atoms with Crippen molar-refractivity contribution in [2.45, 2.75) is 50.2 Å². The molecule has 108 valence electrons. The van der Waals surface area contributed by atoms with Crippen LogP contribution in [0.5, 0.6) is 0 Å². The van der Waals surface area contributed by atoms with E-state index in [-0.39, 0.29) is 5.25 Å². The van der Waals surface area contributed by atoms with E-state index in [1.165, 1.54) is 0 Å². The van der Waals surface area contributed by atoms with E-state index in [2.05, 4.69) is 13.8 Å². The largest absolute Gasteiger partial charge is 0.330 e. The lowest BCUT2D eigenvalue weighted by Gasteiger charge is -2.20. The molecule has 0 aliphatic rings. The predicted molar refractivity (Wildman–Crippen MR) is 80.0 cm³/mol. The van der Waals surface area contributed by atoms with Gasteiger partial charge in [-0.25, -0.2) is 8.42 Å². The van der Waals surface area contributed by atoms with Crippen LogP contribution in [0.2, 0.25) is 0 Å². The minimum Gasteiger partial charge on any atom is -0.330 e. The molecule has 1 aromatic rings. The number of nitrogens with two attached hydrogens (primary N) is 1. The Morgan fingerprint density at radius 3 is 2.32 bits per heavy atom. The molecule has 1 aromatic carbocycles. The quantitative estimate of drug-likeness (QED) is 0.873. The van der Waals surface area contributed by atoms with E-state index in [0.717, 1.165) is 12.0 Å². The zero-order chi connectivity index (χ0) is 14.6. The first-order valence-corrected chi connectivity index (χ1v) is 8.39. The summed E-state index contributed by atoms with van der Waals surface area (Å²) in [6, 6.07) is 7.32. The van der Waals surface area contributed by atoms with E-state index in [4.69, 9.17) is 5.73 Å². The molecule has 0 radical (unpaired) electrons. The van der Waals surface area contributed by atoms with Crippen LogP contribution in [0.15, 0.2) is 29.2 Å². The molecule has 2 atom stereocenters. The summed E-state index contributed by atoms with van der Waals surface area (Å²) in [5, 5.41) is -0.389. The van der Waals surface area contributed by atoms with Crippen LogP contribution in [0.4, 0.5) is 0 Å². The zero-order valence-corrected chi connectivity index (χ0v) is 13.1. The van der Waals surface area contributed by atoms with Crippen molar-refractivity contribution >= 4 is 9.84 Å². The molecule has 0 fully saturated rings. The summed E-state index contributed by atoms with van der Waals surface area (Å²) < 4.78 is 24.4. The van der Waals surface area contributed by atoms with Crippen LogP contribution >= 0.6 is 0 Å². The fourth-order valence-corrected chi connectivity index (χ4v) is 3.20. The van der Waals surface area contributed by atoms with E-state index < -0.39 is 9.84 Å². The molecule has 0 saturated heterocycles. The smallest absolute Gasteiger partial charge is 0.180 e. The second-order valence-electron chi connectivity index (χ2n) is 5.51. The highest BCUT2D eigenvalue weighted by Gasteiger charge is 2.21. The van der Waals surface area contributed by atoms with Crippen molar-refractivity contribution in [3.63, 3.8) is 0 Å². The zero-order valence-electron chi connectivity index (χ0n) is 12.3. The first kappa shape index (κ1) is 16.2. The molecule has 19 heavy (non-hydrogen) atoms. The molecule has 0 bridgehead atoms. The molecule has 1 rings (SSSR count). The highest BCUT2D eigenvalue weighted by molar-refractivity contribution is 7.92. The van der Waals surface area contributed by atoms with Gasteiger partial charge in [0.2, 0.25) is 0 Å². The van der Waals surface area contributed by atoms with Crippen molar-refractivity contribution in [1.29, 1.82) is 0 Å². The average molecular weight is 283 g/mol. The van der Waals surface area contributed by atoms with E-state index in [1.54, 1.807) is 19.9 Å². The molecule has 0 aliphatic heterocycles. The molecule has 2 unspecified atom stereocenters. The van der Waals surface area contributed by atoms with Crippen LogP contribution in [0.25, 0.3) is 0 Å². The number of hydrogen-bond acceptors (Lipinski definition) is 3. The first-order valence-electron chi connectivity index (χ1n) is 6.84. The van der Waals surface area contributed by atoms with Gasteiger partial charge in [-0.1, -0.05) is 26.0 Å². The Hall–Kier alpha value is -0.870. The van der Waals surface area contributed by atoms with Gasteiger partial charge in [0, 0.05) is 0 Å². The summed E-state index contributed by atoms with van der Waals surface area (Å²) in [5.41, 5.74) is 6.66. The second kappa shape index (κ2) is 6.53. The maximum Gasteiger partial charge on any atom is 0.180 e. The number of sulfone groups is 1. The normalized spacial score (nSPS) is 15.5. The highest BCUT2D eigenvalue weighted by atomic mass is 32.2. The molecular weight excluding hydrogens is 258 g/mol. The molecule has 0 heterocycles. The van der Waals surface area contributed by atoms with Crippen molar-refractivity contribution in [3.05, 3.63) is 29.8 Å². The van der Waals surface area contributed by atoms with Gasteiger partial charge in [-0.2, -0.15) is 0 Å². The van der Waals surface area contributed by atoms with Crippen LogP contribution in [-0.2, 0) is 9.84 Å². The highest BCUT2D eigenvalue weighted by Crippen LogP contribution is 2.28. The molecule has 0 amide bonds. The van der Waals surface area contributed by atoms with Gasteiger partial charge < -0.3 is 5.73 Å². The fraction of sp³-hybridized carbons (Fsp3) is 0.600. The van der Waals surface area contributed by atoms with Gasteiger partial charge >= 0.3 is 0 Å². The Bertz CT molecular complexity index is 509. The Labute approximate surface area is 117 Å². The fourth-order valence-electron chi connectivity index (χ4n) is 2.09. The average Bonchev–Trinajstić information content (AvgIpc) is 2.38. The second-order valence-corrected chi connectivity index (χ2v) is 8.01. The molecule has 0 aliphatic carbocycles. The van der Waals surface area contributed by atoms with E-state index in [0.29, 0.717) is 23.3 Å². The molecular formula is C15H25NO2S. The van der Waals surface area contributed by atoms with Crippen LogP contribution in [0, 0.1) is 5.92 Å². The summed E-state index contributed by atoms with van der Waals surface area (Å²) in [6.45, 7) is 8.36. The molecule has 4 heteroatoms. The Morgan fingerprint density at radius 1 is 1.16 bits per heavy atom. The van der Waals surface area contributed by atoms with Gasteiger partial charge in [0.25, 0.3) is 0 Å². The molecule has 2 N–H and O–H groups in total. The third-order valence-electron chi connectivity index (χ3n) is 3.81. The maximum absolute atomic E-state index is 12.2. The monoisotopic (exact) mass is 283 g/mol. The summed E-state index contributed by atoms with van der Waals surface area (Å²) in [6.07, 6.45) is 0.947. The number of benzene rings is 1. The van der Waals surface area contributed by atoms with Crippen molar-refractivity contribution in [3.8, 4) is 0 Å². The van der Waals surface area contributed by atoms with Crippen molar-refractivity contribution in [1.82, 2.24) is 0 Å². The third kappa shape index (κ3) is 3.80. The maximum atomic E-state index is 12.2. The minimum absolute atomic E-state index is 0.311. The van der Waals surface area contributed by atoms with Crippen molar-refractivity contribution in [2.24, 2.45) is 11.7 Å². The van der Waals surface area contributed by atoms with Crippen LogP contribution in [0.1, 0.15) is 45.6 Å². The SMILES string of the molecule is CC(CCN)C(C)c1cccc(S(=O)(=O)C(C)C)c1. The van der Waals surface area contributed by atoms with Gasteiger partial charge in [0.15, 0.2) is 9.84 Å². The van der Waals surface area contributed by atoms with Crippen LogP contribution < -0.4 is 5.73 Å². The van der Waals surface area contributed by atoms with Gasteiger partial charge in [0.1, 0.15) is 0 Å². The van der Waals surface area contributed by atoms with Gasteiger partial charge in [-0.05, 0) is 56.3 Å². The third-order valence-corrected chi connectivity index (χ3v) is 5.96. The molecule has 0 spiro atoms. The van der Waals surface area contributed by atoms with E-state index in [1.807, 2.05) is 18.2 Å². The van der Waals surface area contributed by atoms with Crippen molar-refractivity contribution in [2.75, 3.05) is 6.54 Å². The molecule has 0 saturated carbocycles. The number of rotatable bonds is 6. The summed E-state index contributed by atoms with van der Waals surface area (Å²) in [7, 11) is -3.20. The van der Waals surface area contributed by atoms with Crippen molar-refractivity contribution < 1.29 is 8.42 Å². The standard InChI is InChI=1S/C15H25NO2S/c1-11(2)19(17,18)15-7-5-6-14(10-15)13(4)12(3)8-9-16/h5-7,10-13H,8-9,16H2,1-4H3. The first-order chi connectivity index (χ1) is 8.80. The van der Waals surface area contributed by atoms with Crippen LogP contribution in [-0.4, -0.2) is 20.2 Å². The lowest BCUT2D eigenvalue weighted by Crippen LogP contribution is -2.15. The molecule has 3 nitrogen and oxygen atoms in total. The summed E-state index contributed by atoms with van der Waals surface area (Å²) in [5.74, 6) is 0.757. The van der Waals surface area contributed by atoms with Gasteiger partial charge in [-0.3, -0.25) is 0 Å². The Kier molecular flexibility index (Phi) is 5.56. The number of hydrogen-bond donors (Lipinski definition) is 1. The van der Waals surface area contributed by atoms with E-state index in [9.17, 15) is 8.42 Å². The van der Waals surface area contributed by atoms with Gasteiger partial charge in [0.05, 0.1) is 10.1 Å². The minimum atomic E-state index is -3.20. The Balaban J connectivity index is 3.08. The lowest BCUT2D eigenvalue weighted by molar-refractivity contribution is 0.459. The lowest BCUT2D eigenvalue weighted by atomic mass is 9.87. The molecule has 0 aromatic heterocycles. The topological polar surface area (TPSA) is 60.2 Å². The Morgan fingerprint density at radius 2 is 1.79 bits per heavy atom. The van der Waals surface area contributed by atoms with Gasteiger partial charge in [-0.15, -0.1) is 0 Å². The van der Waals surface area contributed by atoms with Crippen LogP contribution in [0.3, 0.4) is 0 Å². The summed E-state index contributed by atoms with van der Waals surface area (Å²) >= 11 is 0. The predicted octanol–water partition coefficient (Wildman–Crippen LogP) is 2.96. The summed E-state index contributed by atoms with van der Waals surface area (Å²) in [4.78, 5) is 0.423. The van der Waals surface area contributed by atoms with E-state index >= 15 is 0 Å².